The van der Waals surface area contributed by atoms with Gasteiger partial charge in [0.1, 0.15) is 11.5 Å². The van der Waals surface area contributed by atoms with Crippen molar-refractivity contribution in [2.45, 2.75) is 0 Å². The van der Waals surface area contributed by atoms with E-state index in [1.54, 1.807) is 12.1 Å². The lowest BCUT2D eigenvalue weighted by molar-refractivity contribution is 0.349. The molecule has 12 aromatic carbocycles. The highest BCUT2D eigenvalue weighted by Gasteiger charge is 2.33. The number of rotatable bonds is 3. The van der Waals surface area contributed by atoms with Gasteiger partial charge in [-0.2, -0.15) is 0 Å². The molecule has 64 heavy (non-hydrogen) atoms. The first kappa shape index (κ1) is 35.7. The summed E-state index contributed by atoms with van der Waals surface area (Å²) < 4.78 is 5.80. The van der Waals surface area contributed by atoms with Crippen LogP contribution in [0.15, 0.2) is 132 Å². The first-order chi connectivity index (χ1) is 31.0. The maximum Gasteiger partial charge on any atom is 0.205 e. The standard InChI is InChI=1S/C54H30O10/c55-44-39(46(57)52(63)54-42(44)43-45(56)40-41(49(60)53(43)64-54)48(59)51(62)50(61)47(40)58)30-20-28(31-15-11-26-9-7-22-3-1-5-24-13-17-33(31)37(26)35(22)24)19-29(21-30)32-16-12-27-10-8-23-4-2-6-25-14-18-34(32)38(27)36(23)25/h1-21,55-63H. The maximum absolute atomic E-state index is 12.4. The van der Waals surface area contributed by atoms with Gasteiger partial charge in [-0.05, 0) is 111 Å². The summed E-state index contributed by atoms with van der Waals surface area (Å²) in [6.45, 7) is 0. The van der Waals surface area contributed by atoms with E-state index in [4.69, 9.17) is 4.42 Å². The molecule has 13 rings (SSSR count). The number of phenolic OH excluding ortho intramolecular Hbond substituents is 9. The van der Waals surface area contributed by atoms with Crippen molar-refractivity contribution in [1.29, 1.82) is 0 Å². The third-order valence-electron chi connectivity index (χ3n) is 13.3. The first-order valence-electron chi connectivity index (χ1n) is 20.4. The molecule has 0 spiro atoms. The molecule has 1 aromatic heterocycles. The van der Waals surface area contributed by atoms with Crippen LogP contribution in [0.25, 0.3) is 131 Å². The number of hydrogen-bond donors (Lipinski definition) is 9. The Morgan fingerprint density at radius 3 is 1.16 bits per heavy atom. The van der Waals surface area contributed by atoms with Crippen molar-refractivity contribution in [3.63, 3.8) is 0 Å². The van der Waals surface area contributed by atoms with E-state index in [0.717, 1.165) is 75.8 Å². The van der Waals surface area contributed by atoms with Gasteiger partial charge in [0.15, 0.2) is 34.2 Å². The van der Waals surface area contributed by atoms with Gasteiger partial charge in [-0.15, -0.1) is 0 Å². The average Bonchev–Trinajstić information content (AvgIpc) is 3.74. The predicted octanol–water partition coefficient (Wildman–Crippen LogP) is 12.9. The van der Waals surface area contributed by atoms with Crippen molar-refractivity contribution in [3.8, 4) is 85.1 Å². The van der Waals surface area contributed by atoms with Gasteiger partial charge in [0.05, 0.1) is 27.1 Å². The molecule has 0 fully saturated rings. The zero-order valence-electron chi connectivity index (χ0n) is 33.1. The second kappa shape index (κ2) is 12.1. The molecule has 0 aliphatic rings. The van der Waals surface area contributed by atoms with Gasteiger partial charge in [0.2, 0.25) is 17.2 Å². The summed E-state index contributed by atoms with van der Waals surface area (Å²) in [5.74, 6) is -8.61. The second-order valence-corrected chi connectivity index (χ2v) is 16.5. The highest BCUT2D eigenvalue weighted by molar-refractivity contribution is 6.28. The van der Waals surface area contributed by atoms with E-state index in [1.165, 1.54) is 0 Å². The van der Waals surface area contributed by atoms with Crippen molar-refractivity contribution in [1.82, 2.24) is 0 Å². The number of aromatic hydroxyl groups is 9. The average molecular weight is 839 g/mol. The summed E-state index contributed by atoms with van der Waals surface area (Å²) in [5, 5.41) is 112. The number of hydrogen-bond acceptors (Lipinski definition) is 10. The molecule has 306 valence electrons. The molecule has 0 bridgehead atoms. The Kier molecular flexibility index (Phi) is 6.74. The summed E-state index contributed by atoms with van der Waals surface area (Å²) in [6, 6.07) is 43.1. The van der Waals surface area contributed by atoms with Gasteiger partial charge in [-0.1, -0.05) is 109 Å². The lowest BCUT2D eigenvalue weighted by Gasteiger charge is -2.18. The SMILES string of the molecule is Oc1c(-c2cc(-c3ccc4ccc5cccc6ccc3c4c56)cc(-c3ccc4ccc5cccc6ccc3c4c56)c2)c(O)c2c(oc3c(O)c4c(O)c(O)c(O)c(O)c4c(O)c32)c1O. The van der Waals surface area contributed by atoms with Gasteiger partial charge >= 0.3 is 0 Å². The molecule has 0 unspecified atom stereocenters. The second-order valence-electron chi connectivity index (χ2n) is 16.5. The minimum atomic E-state index is -1.18. The van der Waals surface area contributed by atoms with Crippen LogP contribution in [-0.2, 0) is 0 Å². The Balaban J connectivity index is 1.15. The molecular weight excluding hydrogens is 809 g/mol. The number of benzene rings is 12. The molecule has 0 aliphatic heterocycles. The van der Waals surface area contributed by atoms with E-state index >= 15 is 0 Å². The molecule has 9 N–H and O–H groups in total. The summed E-state index contributed by atoms with van der Waals surface area (Å²) in [5.41, 5.74) is 2.05. The molecule has 0 radical (unpaired) electrons. The summed E-state index contributed by atoms with van der Waals surface area (Å²) in [7, 11) is 0. The van der Waals surface area contributed by atoms with E-state index in [2.05, 4.69) is 91.0 Å². The fraction of sp³-hybridized carbons (Fsp3) is 0. The van der Waals surface area contributed by atoms with Gasteiger partial charge in [0.25, 0.3) is 0 Å². The van der Waals surface area contributed by atoms with Gasteiger partial charge < -0.3 is 50.4 Å². The fourth-order valence-electron chi connectivity index (χ4n) is 10.4. The van der Waals surface area contributed by atoms with Crippen molar-refractivity contribution >= 4 is 97.3 Å². The fourth-order valence-corrected chi connectivity index (χ4v) is 10.4. The van der Waals surface area contributed by atoms with E-state index in [9.17, 15) is 46.0 Å². The highest BCUT2D eigenvalue weighted by Crippen LogP contribution is 2.61. The van der Waals surface area contributed by atoms with Crippen LogP contribution in [0.5, 0.6) is 51.7 Å². The van der Waals surface area contributed by atoms with Crippen molar-refractivity contribution in [3.05, 3.63) is 127 Å². The van der Waals surface area contributed by atoms with Crippen LogP contribution in [0, 0.1) is 0 Å². The molecule has 0 saturated heterocycles. The molecular formula is C54H30O10. The monoisotopic (exact) mass is 838 g/mol. The third kappa shape index (κ3) is 4.37. The first-order valence-corrected chi connectivity index (χ1v) is 20.4. The zero-order valence-corrected chi connectivity index (χ0v) is 33.1. The van der Waals surface area contributed by atoms with Gasteiger partial charge in [-0.3, -0.25) is 0 Å². The van der Waals surface area contributed by atoms with Crippen molar-refractivity contribution in [2.24, 2.45) is 0 Å². The lowest BCUT2D eigenvalue weighted by Crippen LogP contribution is -1.92. The Hall–Kier alpha value is -9.02. The van der Waals surface area contributed by atoms with Crippen LogP contribution < -0.4 is 0 Å². The zero-order chi connectivity index (χ0) is 43.6. The molecule has 13 aromatic rings. The molecule has 0 aliphatic carbocycles. The summed E-state index contributed by atoms with van der Waals surface area (Å²) in [6.07, 6.45) is 0. The van der Waals surface area contributed by atoms with E-state index in [0.29, 0.717) is 11.1 Å². The minimum absolute atomic E-state index is 0.245. The van der Waals surface area contributed by atoms with Crippen molar-refractivity contribution < 1.29 is 50.4 Å². The quantitative estimate of drug-likeness (QED) is 0.0469. The topological polar surface area (TPSA) is 195 Å². The molecule has 0 amide bonds. The van der Waals surface area contributed by atoms with Crippen LogP contribution >= 0.6 is 0 Å². The van der Waals surface area contributed by atoms with Crippen LogP contribution in [0.2, 0.25) is 0 Å². The third-order valence-corrected chi connectivity index (χ3v) is 13.3. The highest BCUT2D eigenvalue weighted by atomic mass is 16.4. The Labute approximate surface area is 359 Å². The Morgan fingerprint density at radius 1 is 0.266 bits per heavy atom. The summed E-state index contributed by atoms with van der Waals surface area (Å²) >= 11 is 0. The predicted molar refractivity (Wildman–Crippen MR) is 250 cm³/mol. The molecule has 10 nitrogen and oxygen atoms in total. The molecule has 10 heteroatoms. The molecule has 0 saturated carbocycles. The van der Waals surface area contributed by atoms with E-state index < -0.39 is 79.1 Å². The largest absolute Gasteiger partial charge is 0.506 e. The number of phenols is 9. The van der Waals surface area contributed by atoms with Crippen LogP contribution in [-0.4, -0.2) is 46.0 Å². The van der Waals surface area contributed by atoms with Gasteiger partial charge in [0, 0.05) is 0 Å². The number of furan rings is 1. The summed E-state index contributed by atoms with van der Waals surface area (Å²) in [4.78, 5) is 0. The van der Waals surface area contributed by atoms with Crippen LogP contribution in [0.4, 0.5) is 0 Å². The number of fused-ring (bicyclic) bond motifs is 4. The van der Waals surface area contributed by atoms with Crippen molar-refractivity contribution in [2.75, 3.05) is 0 Å². The maximum atomic E-state index is 12.4. The minimum Gasteiger partial charge on any atom is -0.506 e. The van der Waals surface area contributed by atoms with Crippen LogP contribution in [0.3, 0.4) is 0 Å². The Bertz CT molecular complexity index is 4040. The van der Waals surface area contributed by atoms with E-state index in [-0.39, 0.29) is 16.5 Å². The molecule has 0 atom stereocenters. The molecule has 1 heterocycles. The Morgan fingerprint density at radius 2 is 0.656 bits per heavy atom. The lowest BCUT2D eigenvalue weighted by atomic mass is 9.85. The smallest absolute Gasteiger partial charge is 0.205 e. The van der Waals surface area contributed by atoms with Crippen LogP contribution in [0.1, 0.15) is 0 Å². The van der Waals surface area contributed by atoms with E-state index in [1.807, 2.05) is 24.3 Å². The normalized spacial score (nSPS) is 12.3. The van der Waals surface area contributed by atoms with Gasteiger partial charge in [-0.25, -0.2) is 0 Å².